The van der Waals surface area contributed by atoms with Crippen molar-refractivity contribution >= 4 is 41.9 Å². The number of nitrogens with one attached hydrogen (secondary N) is 2. The first-order valence-electron chi connectivity index (χ1n) is 11.9. The van der Waals surface area contributed by atoms with E-state index >= 15 is 0 Å². The molecule has 9 nitrogen and oxygen atoms in total. The number of carbonyl (C=O) groups is 1. The molecular weight excluding hydrogens is 594 g/mol. The summed E-state index contributed by atoms with van der Waals surface area (Å²) in [6.45, 7) is 1.43. The number of morpholine rings is 1. The second kappa shape index (κ2) is 12.5. The van der Waals surface area contributed by atoms with Crippen molar-refractivity contribution in [2.75, 3.05) is 26.3 Å². The zero-order chi connectivity index (χ0) is 27.2. The zero-order valence-electron chi connectivity index (χ0n) is 20.4. The highest BCUT2D eigenvalue weighted by atomic mass is 79.9. The van der Waals surface area contributed by atoms with Gasteiger partial charge in [-0.3, -0.25) is 4.79 Å². The summed E-state index contributed by atoms with van der Waals surface area (Å²) in [5.74, 6) is -0.500. The molecule has 0 spiro atoms. The van der Waals surface area contributed by atoms with Gasteiger partial charge in [-0.15, -0.1) is 0 Å². The van der Waals surface area contributed by atoms with E-state index in [0.717, 1.165) is 10.0 Å². The molecule has 1 heterocycles. The highest BCUT2D eigenvalue weighted by Crippen LogP contribution is 2.18. The molecule has 0 aliphatic carbocycles. The van der Waals surface area contributed by atoms with Gasteiger partial charge >= 0.3 is 0 Å². The molecule has 1 atom stereocenters. The maximum atomic E-state index is 13.2. The first kappa shape index (κ1) is 28.4. The van der Waals surface area contributed by atoms with Crippen molar-refractivity contribution in [1.29, 1.82) is 0 Å². The lowest BCUT2D eigenvalue weighted by molar-refractivity contribution is -0.122. The van der Waals surface area contributed by atoms with Gasteiger partial charge in [-0.2, -0.15) is 9.03 Å². The SMILES string of the molecule is O=C(NCc1ccc(S(=O)(=O)N2CCOCC2)cc1)C(Cc1ccccc1)NS(=O)(=O)c1ccc(Br)cc1. The van der Waals surface area contributed by atoms with E-state index in [-0.39, 0.29) is 22.8 Å². The number of rotatable bonds is 10. The molecular formula is C26H28BrN3O6S2. The van der Waals surface area contributed by atoms with Crippen LogP contribution in [0.2, 0.25) is 0 Å². The van der Waals surface area contributed by atoms with E-state index in [0.29, 0.717) is 31.9 Å². The average Bonchev–Trinajstić information content (AvgIpc) is 2.93. The van der Waals surface area contributed by atoms with E-state index in [1.54, 1.807) is 24.3 Å². The summed E-state index contributed by atoms with van der Waals surface area (Å²) < 4.78 is 61.6. The van der Waals surface area contributed by atoms with E-state index in [1.165, 1.54) is 28.6 Å². The number of sulfonamides is 2. The number of hydrogen-bond acceptors (Lipinski definition) is 6. The lowest BCUT2D eigenvalue weighted by atomic mass is 10.1. The predicted molar refractivity (Wildman–Crippen MR) is 146 cm³/mol. The second-order valence-electron chi connectivity index (χ2n) is 8.70. The molecule has 1 fully saturated rings. The van der Waals surface area contributed by atoms with E-state index in [1.807, 2.05) is 30.3 Å². The van der Waals surface area contributed by atoms with E-state index in [9.17, 15) is 21.6 Å². The molecule has 3 aromatic rings. The topological polar surface area (TPSA) is 122 Å². The lowest BCUT2D eigenvalue weighted by Crippen LogP contribution is -2.47. The third-order valence-corrected chi connectivity index (χ3v) is 9.95. The maximum Gasteiger partial charge on any atom is 0.243 e. The van der Waals surface area contributed by atoms with Crippen LogP contribution in [0.15, 0.2) is 93.1 Å². The van der Waals surface area contributed by atoms with Gasteiger partial charge in [0.25, 0.3) is 0 Å². The molecule has 202 valence electrons. The largest absolute Gasteiger partial charge is 0.379 e. The molecule has 38 heavy (non-hydrogen) atoms. The van der Waals surface area contributed by atoms with Crippen LogP contribution in [0, 0.1) is 0 Å². The summed E-state index contributed by atoms with van der Waals surface area (Å²) in [6.07, 6.45) is 0.152. The number of nitrogens with zero attached hydrogens (tertiary/aromatic N) is 1. The third-order valence-electron chi connectivity index (χ3n) is 6.02. The van der Waals surface area contributed by atoms with Crippen molar-refractivity contribution in [3.8, 4) is 0 Å². The molecule has 3 aromatic carbocycles. The van der Waals surface area contributed by atoms with Crippen LogP contribution >= 0.6 is 15.9 Å². The minimum absolute atomic E-state index is 0.0450. The zero-order valence-corrected chi connectivity index (χ0v) is 23.6. The number of halogens is 1. The number of benzene rings is 3. The number of ether oxygens (including phenoxy) is 1. The summed E-state index contributed by atoms with van der Waals surface area (Å²) in [7, 11) is -7.59. The van der Waals surface area contributed by atoms with Crippen molar-refractivity contribution < 1.29 is 26.4 Å². The van der Waals surface area contributed by atoms with Gasteiger partial charge in [0.05, 0.1) is 23.0 Å². The fourth-order valence-corrected chi connectivity index (χ4v) is 6.80. The highest BCUT2D eigenvalue weighted by Gasteiger charge is 2.27. The number of carbonyl (C=O) groups excluding carboxylic acids is 1. The van der Waals surface area contributed by atoms with Gasteiger partial charge in [0, 0.05) is 24.1 Å². The summed E-state index contributed by atoms with van der Waals surface area (Å²) in [5, 5.41) is 2.77. The molecule has 1 aliphatic rings. The fourth-order valence-electron chi connectivity index (χ4n) is 3.93. The van der Waals surface area contributed by atoms with Gasteiger partial charge in [-0.05, 0) is 53.9 Å². The van der Waals surface area contributed by atoms with Crippen molar-refractivity contribution in [3.63, 3.8) is 0 Å². The second-order valence-corrected chi connectivity index (χ2v) is 13.3. The first-order chi connectivity index (χ1) is 18.1. The normalized spacial score (nSPS) is 15.6. The number of hydrogen-bond donors (Lipinski definition) is 2. The average molecular weight is 623 g/mol. The Balaban J connectivity index is 1.45. The molecule has 0 saturated carbocycles. The van der Waals surface area contributed by atoms with Crippen LogP contribution in [0.3, 0.4) is 0 Å². The quantitative estimate of drug-likeness (QED) is 0.359. The minimum Gasteiger partial charge on any atom is -0.379 e. The fraction of sp³-hybridized carbons (Fsp3) is 0.269. The van der Waals surface area contributed by atoms with Crippen LogP contribution in [-0.4, -0.2) is 59.4 Å². The minimum atomic E-state index is -3.97. The lowest BCUT2D eigenvalue weighted by Gasteiger charge is -2.26. The Morgan fingerprint density at radius 3 is 2.08 bits per heavy atom. The molecule has 1 amide bonds. The monoisotopic (exact) mass is 621 g/mol. The molecule has 4 rings (SSSR count). The molecule has 0 radical (unpaired) electrons. The summed E-state index contributed by atoms with van der Waals surface area (Å²) in [5.41, 5.74) is 1.47. The third kappa shape index (κ3) is 7.28. The smallest absolute Gasteiger partial charge is 0.243 e. The Morgan fingerprint density at radius 1 is 0.842 bits per heavy atom. The summed E-state index contributed by atoms with van der Waals surface area (Å²) >= 11 is 3.29. The van der Waals surface area contributed by atoms with Crippen LogP contribution in [0.1, 0.15) is 11.1 Å². The van der Waals surface area contributed by atoms with Gasteiger partial charge in [0.2, 0.25) is 26.0 Å². The molecule has 1 aliphatic heterocycles. The summed E-state index contributed by atoms with van der Waals surface area (Å²) in [6, 6.07) is 20.5. The van der Waals surface area contributed by atoms with Crippen molar-refractivity contribution in [2.45, 2.75) is 28.8 Å². The predicted octanol–water partition coefficient (Wildman–Crippen LogP) is 2.68. The van der Waals surface area contributed by atoms with Crippen molar-refractivity contribution in [3.05, 3.63) is 94.5 Å². The standard InChI is InChI=1S/C26H28BrN3O6S2/c27-22-8-12-23(13-9-22)37(32,33)29-25(18-20-4-2-1-3-5-20)26(31)28-19-21-6-10-24(11-7-21)38(34,35)30-14-16-36-17-15-30/h1-13,25,29H,14-19H2,(H,28,31). The first-order valence-corrected chi connectivity index (χ1v) is 15.6. The van der Waals surface area contributed by atoms with Crippen LogP contribution in [0.25, 0.3) is 0 Å². The number of amides is 1. The Hall–Kier alpha value is -2.61. The van der Waals surface area contributed by atoms with Crippen LogP contribution in [-0.2, 0) is 42.5 Å². The molecule has 1 saturated heterocycles. The Bertz CT molecular complexity index is 1440. The van der Waals surface area contributed by atoms with Crippen molar-refractivity contribution in [1.82, 2.24) is 14.3 Å². The van der Waals surface area contributed by atoms with Gasteiger partial charge < -0.3 is 10.1 Å². The Kier molecular flexibility index (Phi) is 9.34. The molecule has 2 N–H and O–H groups in total. The Labute approximate surface area is 231 Å². The van der Waals surface area contributed by atoms with E-state index in [4.69, 9.17) is 4.74 Å². The van der Waals surface area contributed by atoms with E-state index < -0.39 is 32.0 Å². The van der Waals surface area contributed by atoms with Gasteiger partial charge in [-0.1, -0.05) is 58.4 Å². The molecule has 1 unspecified atom stereocenters. The Morgan fingerprint density at radius 2 is 1.45 bits per heavy atom. The summed E-state index contributed by atoms with van der Waals surface area (Å²) in [4.78, 5) is 13.4. The van der Waals surface area contributed by atoms with Crippen molar-refractivity contribution in [2.24, 2.45) is 0 Å². The molecule has 0 bridgehead atoms. The van der Waals surface area contributed by atoms with Gasteiger partial charge in [-0.25, -0.2) is 16.8 Å². The highest BCUT2D eigenvalue weighted by molar-refractivity contribution is 9.10. The van der Waals surface area contributed by atoms with Gasteiger partial charge in [0.15, 0.2) is 0 Å². The van der Waals surface area contributed by atoms with Crippen LogP contribution in [0.4, 0.5) is 0 Å². The van der Waals surface area contributed by atoms with Crippen LogP contribution < -0.4 is 10.0 Å². The van der Waals surface area contributed by atoms with Crippen LogP contribution in [0.5, 0.6) is 0 Å². The molecule has 12 heteroatoms. The van der Waals surface area contributed by atoms with Gasteiger partial charge in [0.1, 0.15) is 6.04 Å². The van der Waals surface area contributed by atoms with E-state index in [2.05, 4.69) is 26.0 Å². The molecule has 0 aromatic heterocycles. The maximum absolute atomic E-state index is 13.2.